The Morgan fingerprint density at radius 3 is 2.59 bits per heavy atom. The van der Waals surface area contributed by atoms with Crippen molar-refractivity contribution >= 4 is 16.6 Å². The molecule has 0 amide bonds. The van der Waals surface area contributed by atoms with Crippen LogP contribution in [0.25, 0.3) is 10.9 Å². The second-order valence-electron chi connectivity index (χ2n) is 6.90. The molecule has 0 aliphatic carbocycles. The highest BCUT2D eigenvalue weighted by Crippen LogP contribution is 2.28. The van der Waals surface area contributed by atoms with Crippen molar-refractivity contribution < 1.29 is 9.47 Å². The summed E-state index contributed by atoms with van der Waals surface area (Å²) < 4.78 is 11.5. The summed E-state index contributed by atoms with van der Waals surface area (Å²) in [5, 5.41) is 1.16. The number of rotatable bonds is 7. The van der Waals surface area contributed by atoms with E-state index in [4.69, 9.17) is 9.47 Å². The second-order valence-corrected chi connectivity index (χ2v) is 6.90. The lowest BCUT2D eigenvalue weighted by Gasteiger charge is -2.36. The van der Waals surface area contributed by atoms with E-state index in [2.05, 4.69) is 39.0 Å². The first-order valence-corrected chi connectivity index (χ1v) is 9.64. The number of anilines is 1. The number of nitrogens with one attached hydrogen (secondary N) is 1. The standard InChI is InChI=1S/C22H27N3O2/c1-26-22-8-3-2-7-20(22)25-15-13-24(14-16-25)12-5-17-27-21-9-4-6-19-18(21)10-11-23-19/h2-4,6-11,23H,5,12-17H2,1H3. The van der Waals surface area contributed by atoms with Crippen molar-refractivity contribution in [3.05, 3.63) is 54.7 Å². The minimum Gasteiger partial charge on any atom is -0.495 e. The molecule has 1 N–H and O–H groups in total. The van der Waals surface area contributed by atoms with Crippen LogP contribution in [0.1, 0.15) is 6.42 Å². The number of nitrogens with zero attached hydrogens (tertiary/aromatic N) is 2. The number of fused-ring (bicyclic) bond motifs is 1. The molecule has 2 heterocycles. The number of H-pyrrole nitrogens is 1. The zero-order valence-corrected chi connectivity index (χ0v) is 15.9. The van der Waals surface area contributed by atoms with Gasteiger partial charge in [0.15, 0.2) is 0 Å². The Morgan fingerprint density at radius 1 is 0.926 bits per heavy atom. The first-order valence-electron chi connectivity index (χ1n) is 9.64. The SMILES string of the molecule is COc1ccccc1N1CCN(CCCOc2cccc3[nH]ccc23)CC1. The third kappa shape index (κ3) is 4.03. The summed E-state index contributed by atoms with van der Waals surface area (Å²) in [4.78, 5) is 8.16. The minimum atomic E-state index is 0.747. The van der Waals surface area contributed by atoms with E-state index in [0.29, 0.717) is 0 Å². The van der Waals surface area contributed by atoms with Gasteiger partial charge >= 0.3 is 0 Å². The Balaban J connectivity index is 1.22. The van der Waals surface area contributed by atoms with Crippen LogP contribution in [0.4, 0.5) is 5.69 Å². The summed E-state index contributed by atoms with van der Waals surface area (Å²) in [6, 6.07) is 16.5. The molecule has 0 spiro atoms. The number of para-hydroxylation sites is 2. The molecule has 5 heteroatoms. The molecule has 142 valence electrons. The van der Waals surface area contributed by atoms with Gasteiger partial charge in [-0.1, -0.05) is 18.2 Å². The first kappa shape index (κ1) is 17.7. The Hall–Kier alpha value is -2.66. The van der Waals surface area contributed by atoms with E-state index in [9.17, 15) is 0 Å². The second kappa shape index (κ2) is 8.35. The number of aromatic amines is 1. The van der Waals surface area contributed by atoms with Crippen LogP contribution >= 0.6 is 0 Å². The molecule has 4 rings (SSSR count). The van der Waals surface area contributed by atoms with Gasteiger partial charge in [0.05, 0.1) is 19.4 Å². The largest absolute Gasteiger partial charge is 0.495 e. The van der Waals surface area contributed by atoms with Crippen molar-refractivity contribution in [3.8, 4) is 11.5 Å². The van der Waals surface area contributed by atoms with Crippen LogP contribution in [0.3, 0.4) is 0 Å². The van der Waals surface area contributed by atoms with Crippen LogP contribution in [0.5, 0.6) is 11.5 Å². The molecule has 5 nitrogen and oxygen atoms in total. The van der Waals surface area contributed by atoms with Gasteiger partial charge in [-0.3, -0.25) is 4.90 Å². The Morgan fingerprint density at radius 2 is 1.74 bits per heavy atom. The summed E-state index contributed by atoms with van der Waals surface area (Å²) in [5.41, 5.74) is 2.32. The lowest BCUT2D eigenvalue weighted by molar-refractivity contribution is 0.225. The van der Waals surface area contributed by atoms with E-state index < -0.39 is 0 Å². The van der Waals surface area contributed by atoms with Crippen molar-refractivity contribution in [1.29, 1.82) is 0 Å². The molecule has 1 aliphatic rings. The third-order valence-electron chi connectivity index (χ3n) is 5.23. The first-order chi connectivity index (χ1) is 13.3. The van der Waals surface area contributed by atoms with E-state index in [-0.39, 0.29) is 0 Å². The van der Waals surface area contributed by atoms with Gasteiger partial charge in [-0.2, -0.15) is 0 Å². The molecule has 27 heavy (non-hydrogen) atoms. The fourth-order valence-electron chi connectivity index (χ4n) is 3.76. The quantitative estimate of drug-likeness (QED) is 0.647. The number of piperazine rings is 1. The number of methoxy groups -OCH3 is 1. The number of benzene rings is 2. The average Bonchev–Trinajstić information content (AvgIpc) is 3.21. The van der Waals surface area contributed by atoms with E-state index in [0.717, 1.165) is 68.2 Å². The molecule has 1 saturated heterocycles. The van der Waals surface area contributed by atoms with Crippen molar-refractivity contribution in [3.63, 3.8) is 0 Å². The Kier molecular flexibility index (Phi) is 5.49. The van der Waals surface area contributed by atoms with Gasteiger partial charge in [0.1, 0.15) is 11.5 Å². The number of hydrogen-bond donors (Lipinski definition) is 1. The molecular formula is C22H27N3O2. The van der Waals surface area contributed by atoms with Gasteiger partial charge < -0.3 is 19.4 Å². The van der Waals surface area contributed by atoms with E-state index in [1.54, 1.807) is 7.11 Å². The normalized spacial score (nSPS) is 15.2. The van der Waals surface area contributed by atoms with Gasteiger partial charge in [0.2, 0.25) is 0 Å². The van der Waals surface area contributed by atoms with Gasteiger partial charge in [0, 0.05) is 49.8 Å². The maximum absolute atomic E-state index is 6.02. The summed E-state index contributed by atoms with van der Waals surface area (Å²) in [6.07, 6.45) is 2.99. The maximum Gasteiger partial charge on any atom is 0.142 e. The lowest BCUT2D eigenvalue weighted by atomic mass is 10.2. The van der Waals surface area contributed by atoms with Gasteiger partial charge in [-0.05, 0) is 36.8 Å². The highest BCUT2D eigenvalue weighted by atomic mass is 16.5. The fourth-order valence-corrected chi connectivity index (χ4v) is 3.76. The molecule has 0 unspecified atom stereocenters. The average molecular weight is 365 g/mol. The van der Waals surface area contributed by atoms with Crippen molar-refractivity contribution in [2.45, 2.75) is 6.42 Å². The highest BCUT2D eigenvalue weighted by Gasteiger charge is 2.19. The molecule has 1 fully saturated rings. The summed E-state index contributed by atoms with van der Waals surface area (Å²) >= 11 is 0. The summed E-state index contributed by atoms with van der Waals surface area (Å²) in [6.45, 7) is 6.03. The molecule has 0 atom stereocenters. The number of ether oxygens (including phenoxy) is 2. The van der Waals surface area contributed by atoms with E-state index in [1.165, 1.54) is 5.69 Å². The van der Waals surface area contributed by atoms with Gasteiger partial charge in [-0.15, -0.1) is 0 Å². The smallest absolute Gasteiger partial charge is 0.142 e. The number of aromatic nitrogens is 1. The molecule has 1 aromatic heterocycles. The van der Waals surface area contributed by atoms with E-state index >= 15 is 0 Å². The van der Waals surface area contributed by atoms with Crippen LogP contribution in [-0.2, 0) is 0 Å². The van der Waals surface area contributed by atoms with Crippen molar-refractivity contribution in [1.82, 2.24) is 9.88 Å². The highest BCUT2D eigenvalue weighted by molar-refractivity contribution is 5.85. The van der Waals surface area contributed by atoms with Crippen LogP contribution in [0.15, 0.2) is 54.7 Å². The van der Waals surface area contributed by atoms with Gasteiger partial charge in [0.25, 0.3) is 0 Å². The molecule has 0 radical (unpaired) electrons. The van der Waals surface area contributed by atoms with Crippen LogP contribution in [-0.4, -0.2) is 56.3 Å². The summed E-state index contributed by atoms with van der Waals surface area (Å²) in [7, 11) is 1.74. The molecule has 1 aliphatic heterocycles. The maximum atomic E-state index is 6.02. The van der Waals surface area contributed by atoms with Gasteiger partial charge in [-0.25, -0.2) is 0 Å². The zero-order valence-electron chi connectivity index (χ0n) is 15.9. The topological polar surface area (TPSA) is 40.7 Å². The molecule has 0 saturated carbocycles. The zero-order chi connectivity index (χ0) is 18.5. The monoisotopic (exact) mass is 365 g/mol. The van der Waals surface area contributed by atoms with Crippen molar-refractivity contribution in [2.75, 3.05) is 51.3 Å². The van der Waals surface area contributed by atoms with Crippen molar-refractivity contribution in [2.24, 2.45) is 0 Å². The van der Waals surface area contributed by atoms with Crippen LogP contribution < -0.4 is 14.4 Å². The van der Waals surface area contributed by atoms with Crippen LogP contribution in [0, 0.1) is 0 Å². The predicted molar refractivity (Wildman–Crippen MR) is 110 cm³/mol. The number of hydrogen-bond acceptors (Lipinski definition) is 4. The fraction of sp³-hybridized carbons (Fsp3) is 0.364. The molecule has 0 bridgehead atoms. The Labute approximate surface area is 160 Å². The Bertz CT molecular complexity index is 869. The third-order valence-corrected chi connectivity index (χ3v) is 5.23. The predicted octanol–water partition coefficient (Wildman–Crippen LogP) is 3.77. The molecule has 2 aromatic carbocycles. The molecule has 3 aromatic rings. The summed E-state index contributed by atoms with van der Waals surface area (Å²) in [5.74, 6) is 1.92. The van der Waals surface area contributed by atoms with Crippen LogP contribution in [0.2, 0.25) is 0 Å². The minimum absolute atomic E-state index is 0.747. The lowest BCUT2D eigenvalue weighted by Crippen LogP contribution is -2.46. The molecular weight excluding hydrogens is 338 g/mol. The van der Waals surface area contributed by atoms with E-state index in [1.807, 2.05) is 30.5 Å².